The minimum atomic E-state index is 0.273. The molecule has 2 fully saturated rings. The summed E-state index contributed by atoms with van der Waals surface area (Å²) in [6, 6.07) is 7.90. The van der Waals surface area contributed by atoms with E-state index < -0.39 is 0 Å². The van der Waals surface area contributed by atoms with Crippen LogP contribution in [-0.4, -0.2) is 47.1 Å². The molecule has 1 aromatic carbocycles. The second kappa shape index (κ2) is 6.43. The lowest BCUT2D eigenvalue weighted by Gasteiger charge is -2.20. The summed E-state index contributed by atoms with van der Waals surface area (Å²) in [6.07, 6.45) is 3.00. The number of carbonyl (C=O) groups is 1. The molecule has 0 atom stereocenters. The van der Waals surface area contributed by atoms with E-state index in [4.69, 9.17) is 16.1 Å². The first-order chi connectivity index (χ1) is 11.7. The Hall–Kier alpha value is -2.08. The number of hydrogen-bond acceptors (Lipinski definition) is 5. The zero-order chi connectivity index (χ0) is 16.5. The van der Waals surface area contributed by atoms with Gasteiger partial charge in [0.25, 0.3) is 0 Å². The van der Waals surface area contributed by atoms with Crippen molar-refractivity contribution in [2.75, 3.05) is 31.1 Å². The van der Waals surface area contributed by atoms with Gasteiger partial charge in [0.15, 0.2) is 0 Å². The van der Waals surface area contributed by atoms with Crippen LogP contribution in [-0.2, 0) is 4.79 Å². The Morgan fingerprint density at radius 1 is 1.21 bits per heavy atom. The molecule has 1 aliphatic carbocycles. The highest BCUT2D eigenvalue weighted by Gasteiger charge is 2.34. The van der Waals surface area contributed by atoms with Crippen molar-refractivity contribution < 1.29 is 9.32 Å². The van der Waals surface area contributed by atoms with E-state index in [-0.39, 0.29) is 5.92 Å². The molecule has 1 saturated heterocycles. The van der Waals surface area contributed by atoms with Crippen molar-refractivity contribution >= 4 is 23.5 Å². The van der Waals surface area contributed by atoms with Gasteiger partial charge in [0, 0.05) is 42.7 Å². The van der Waals surface area contributed by atoms with Crippen LogP contribution < -0.4 is 4.90 Å². The van der Waals surface area contributed by atoms with Gasteiger partial charge in [0.1, 0.15) is 0 Å². The number of carbonyl (C=O) groups excluding carboxylic acids is 1. The third kappa shape index (κ3) is 3.24. The maximum Gasteiger partial charge on any atom is 0.324 e. The van der Waals surface area contributed by atoms with Crippen molar-refractivity contribution in [2.45, 2.75) is 19.3 Å². The second-order valence-corrected chi connectivity index (χ2v) is 6.79. The van der Waals surface area contributed by atoms with Crippen LogP contribution in [0, 0.1) is 5.92 Å². The van der Waals surface area contributed by atoms with E-state index in [1.54, 1.807) is 0 Å². The Kier molecular flexibility index (Phi) is 4.14. The number of hydrogen-bond donors (Lipinski definition) is 0. The fourth-order valence-corrected chi connectivity index (χ4v) is 3.20. The zero-order valence-corrected chi connectivity index (χ0v) is 14.1. The Bertz CT molecular complexity index is 744. The Labute approximate surface area is 145 Å². The highest BCUT2D eigenvalue weighted by Crippen LogP contribution is 2.31. The Balaban J connectivity index is 1.45. The smallest absolute Gasteiger partial charge is 0.324 e. The molecule has 2 heterocycles. The standard InChI is InChI=1S/C17H19ClN4O2/c18-14-4-1-3-13(11-14)15-19-17(24-20-15)22-8-2-7-21(9-10-22)16(23)12-5-6-12/h1,3-4,11-12H,2,5-10H2. The van der Waals surface area contributed by atoms with Gasteiger partial charge in [0.2, 0.25) is 11.7 Å². The molecular weight excluding hydrogens is 328 g/mol. The van der Waals surface area contributed by atoms with Gasteiger partial charge in [-0.15, -0.1) is 0 Å². The van der Waals surface area contributed by atoms with Gasteiger partial charge in [-0.2, -0.15) is 4.98 Å². The molecule has 0 N–H and O–H groups in total. The van der Waals surface area contributed by atoms with Crippen molar-refractivity contribution in [3.8, 4) is 11.4 Å². The third-order valence-electron chi connectivity index (χ3n) is 4.50. The van der Waals surface area contributed by atoms with E-state index in [1.165, 1.54) is 0 Å². The summed E-state index contributed by atoms with van der Waals surface area (Å²) in [4.78, 5) is 20.7. The molecular formula is C17H19ClN4O2. The Morgan fingerprint density at radius 3 is 2.88 bits per heavy atom. The van der Waals surface area contributed by atoms with Crippen LogP contribution in [0.25, 0.3) is 11.4 Å². The SMILES string of the molecule is O=C(C1CC1)N1CCCN(c2nc(-c3cccc(Cl)c3)no2)CC1. The van der Waals surface area contributed by atoms with Gasteiger partial charge in [0.05, 0.1) is 0 Å². The van der Waals surface area contributed by atoms with Crippen LogP contribution in [0.15, 0.2) is 28.8 Å². The molecule has 6 nitrogen and oxygen atoms in total. The topological polar surface area (TPSA) is 62.5 Å². The first-order valence-corrected chi connectivity index (χ1v) is 8.72. The van der Waals surface area contributed by atoms with Crippen molar-refractivity contribution in [1.82, 2.24) is 15.0 Å². The summed E-state index contributed by atoms with van der Waals surface area (Å²) in [5, 5.41) is 4.70. The zero-order valence-electron chi connectivity index (χ0n) is 13.3. The molecule has 1 saturated carbocycles. The number of halogens is 1. The molecule has 1 amide bonds. The second-order valence-electron chi connectivity index (χ2n) is 6.35. The van der Waals surface area contributed by atoms with Gasteiger partial charge >= 0.3 is 6.01 Å². The lowest BCUT2D eigenvalue weighted by Crippen LogP contribution is -2.36. The molecule has 0 radical (unpaired) electrons. The fraction of sp³-hybridized carbons (Fsp3) is 0.471. The van der Waals surface area contributed by atoms with E-state index in [9.17, 15) is 4.79 Å². The molecule has 2 aromatic rings. The first-order valence-electron chi connectivity index (χ1n) is 8.34. The molecule has 4 rings (SSSR count). The minimum absolute atomic E-state index is 0.273. The van der Waals surface area contributed by atoms with E-state index in [0.29, 0.717) is 29.3 Å². The van der Waals surface area contributed by atoms with Crippen LogP contribution in [0.1, 0.15) is 19.3 Å². The predicted molar refractivity (Wildman–Crippen MR) is 90.9 cm³/mol. The van der Waals surface area contributed by atoms with Gasteiger partial charge in [-0.25, -0.2) is 0 Å². The maximum absolute atomic E-state index is 12.2. The highest BCUT2D eigenvalue weighted by atomic mass is 35.5. The van der Waals surface area contributed by atoms with E-state index >= 15 is 0 Å². The minimum Gasteiger partial charge on any atom is -0.341 e. The molecule has 1 aromatic heterocycles. The lowest BCUT2D eigenvalue weighted by atomic mass is 10.2. The number of aromatic nitrogens is 2. The summed E-state index contributed by atoms with van der Waals surface area (Å²) in [5.41, 5.74) is 0.831. The van der Waals surface area contributed by atoms with Crippen LogP contribution in [0.3, 0.4) is 0 Å². The molecule has 1 aliphatic heterocycles. The summed E-state index contributed by atoms with van der Waals surface area (Å²) in [6.45, 7) is 3.05. The number of amides is 1. The van der Waals surface area contributed by atoms with Crippen molar-refractivity contribution in [3.05, 3.63) is 29.3 Å². The number of benzene rings is 1. The van der Waals surface area contributed by atoms with E-state index in [2.05, 4.69) is 15.0 Å². The number of anilines is 1. The summed E-state index contributed by atoms with van der Waals surface area (Å²) in [7, 11) is 0. The third-order valence-corrected chi connectivity index (χ3v) is 4.74. The first kappa shape index (κ1) is 15.4. The average Bonchev–Trinajstić information content (AvgIpc) is 3.37. The Morgan fingerprint density at radius 2 is 2.08 bits per heavy atom. The molecule has 0 spiro atoms. The normalized spacial score (nSPS) is 18.5. The molecule has 7 heteroatoms. The molecule has 0 bridgehead atoms. The van der Waals surface area contributed by atoms with Gasteiger partial charge < -0.3 is 14.3 Å². The average molecular weight is 347 g/mol. The molecule has 126 valence electrons. The maximum atomic E-state index is 12.2. The van der Waals surface area contributed by atoms with Crippen molar-refractivity contribution in [1.29, 1.82) is 0 Å². The fourth-order valence-electron chi connectivity index (χ4n) is 3.01. The van der Waals surface area contributed by atoms with Crippen molar-refractivity contribution in [3.63, 3.8) is 0 Å². The van der Waals surface area contributed by atoms with Crippen LogP contribution in [0.5, 0.6) is 0 Å². The monoisotopic (exact) mass is 346 g/mol. The van der Waals surface area contributed by atoms with Gasteiger partial charge in [-0.3, -0.25) is 4.79 Å². The number of nitrogens with zero attached hydrogens (tertiary/aromatic N) is 4. The number of rotatable bonds is 3. The van der Waals surface area contributed by atoms with Gasteiger partial charge in [-0.1, -0.05) is 28.9 Å². The largest absolute Gasteiger partial charge is 0.341 e. The highest BCUT2D eigenvalue weighted by molar-refractivity contribution is 6.30. The van der Waals surface area contributed by atoms with Crippen molar-refractivity contribution in [2.24, 2.45) is 5.92 Å². The van der Waals surface area contributed by atoms with Gasteiger partial charge in [-0.05, 0) is 31.4 Å². The molecule has 2 aliphatic rings. The van der Waals surface area contributed by atoms with Crippen LogP contribution >= 0.6 is 11.6 Å². The van der Waals surface area contributed by atoms with E-state index in [0.717, 1.165) is 44.5 Å². The summed E-state index contributed by atoms with van der Waals surface area (Å²) in [5.74, 6) is 1.11. The van der Waals surface area contributed by atoms with Crippen LogP contribution in [0.4, 0.5) is 6.01 Å². The quantitative estimate of drug-likeness (QED) is 0.855. The van der Waals surface area contributed by atoms with Crippen LogP contribution in [0.2, 0.25) is 5.02 Å². The summed E-state index contributed by atoms with van der Waals surface area (Å²) >= 11 is 6.01. The summed E-state index contributed by atoms with van der Waals surface area (Å²) < 4.78 is 5.43. The predicted octanol–water partition coefficient (Wildman–Crippen LogP) is 2.84. The van der Waals surface area contributed by atoms with E-state index in [1.807, 2.05) is 29.2 Å². The lowest BCUT2D eigenvalue weighted by molar-refractivity contribution is -0.132. The molecule has 24 heavy (non-hydrogen) atoms. The molecule has 0 unspecified atom stereocenters.